The van der Waals surface area contributed by atoms with Gasteiger partial charge in [0.15, 0.2) is 0 Å². The van der Waals surface area contributed by atoms with Crippen LogP contribution in [0.3, 0.4) is 0 Å². The van der Waals surface area contributed by atoms with Gasteiger partial charge in [-0.1, -0.05) is 27.7 Å². The van der Waals surface area contributed by atoms with Crippen LogP contribution in [0.2, 0.25) is 0 Å². The van der Waals surface area contributed by atoms with Gasteiger partial charge in [-0.3, -0.25) is 0 Å². The number of carbonyl (C=O) groups excluding carboxylic acids is 1. The third-order valence-electron chi connectivity index (χ3n) is 5.40. The lowest BCUT2D eigenvalue weighted by atomic mass is 9.90. The van der Waals surface area contributed by atoms with Crippen LogP contribution in [0.1, 0.15) is 40.5 Å². The zero-order valence-electron chi connectivity index (χ0n) is 12.6. The maximum atomic E-state index is 12.1. The highest BCUT2D eigenvalue weighted by Crippen LogP contribution is 2.62. The van der Waals surface area contributed by atoms with Gasteiger partial charge in [0.25, 0.3) is 0 Å². The number of urea groups is 1. The average molecular weight is 284 g/mol. The molecule has 1 aliphatic heterocycles. The van der Waals surface area contributed by atoms with Crippen LogP contribution in [-0.2, 0) is 9.53 Å². The third kappa shape index (κ3) is 2.26. The summed E-state index contributed by atoms with van der Waals surface area (Å²) in [6.45, 7) is 9.09. The summed E-state index contributed by atoms with van der Waals surface area (Å²) in [5.41, 5.74) is -1.15. The fraction of sp³-hybridized carbons (Fsp3) is 0.857. The fourth-order valence-electron chi connectivity index (χ4n) is 3.05. The van der Waals surface area contributed by atoms with Gasteiger partial charge in [-0.2, -0.15) is 0 Å². The van der Waals surface area contributed by atoms with Crippen molar-refractivity contribution in [2.45, 2.75) is 52.1 Å². The van der Waals surface area contributed by atoms with Crippen LogP contribution in [0.25, 0.3) is 0 Å². The highest BCUT2D eigenvalue weighted by molar-refractivity contribution is 5.86. The Kier molecular flexibility index (Phi) is 3.48. The molecule has 1 aliphatic carbocycles. The van der Waals surface area contributed by atoms with E-state index in [0.29, 0.717) is 26.1 Å². The first-order valence-electron chi connectivity index (χ1n) is 7.03. The van der Waals surface area contributed by atoms with Crippen molar-refractivity contribution in [3.05, 3.63) is 0 Å². The Morgan fingerprint density at radius 3 is 2.00 bits per heavy atom. The molecule has 2 amide bonds. The molecule has 0 bridgehead atoms. The van der Waals surface area contributed by atoms with E-state index in [1.807, 2.05) is 0 Å². The van der Waals surface area contributed by atoms with Crippen LogP contribution in [0.15, 0.2) is 0 Å². The molecule has 0 unspecified atom stereocenters. The van der Waals surface area contributed by atoms with Crippen molar-refractivity contribution in [3.63, 3.8) is 0 Å². The summed E-state index contributed by atoms with van der Waals surface area (Å²) in [6, 6.07) is -0.348. The topological polar surface area (TPSA) is 87.7 Å². The summed E-state index contributed by atoms with van der Waals surface area (Å²) in [6.07, 6.45) is 0.598. The van der Waals surface area contributed by atoms with Crippen molar-refractivity contribution in [1.82, 2.24) is 10.6 Å². The van der Waals surface area contributed by atoms with E-state index >= 15 is 0 Å². The monoisotopic (exact) mass is 284 g/mol. The molecular formula is C14H24N2O4. The summed E-state index contributed by atoms with van der Waals surface area (Å²) in [5, 5.41) is 15.0. The molecule has 0 atom stereocenters. The molecule has 0 aromatic rings. The first-order valence-corrected chi connectivity index (χ1v) is 7.03. The molecule has 3 N–H and O–H groups in total. The van der Waals surface area contributed by atoms with E-state index in [1.165, 1.54) is 0 Å². The number of rotatable bonds is 3. The molecular weight excluding hydrogens is 260 g/mol. The van der Waals surface area contributed by atoms with Gasteiger partial charge in [-0.15, -0.1) is 0 Å². The van der Waals surface area contributed by atoms with E-state index in [-0.39, 0.29) is 16.9 Å². The SMILES string of the molecule is CC1(C)C(NC(=O)NC2(C(=O)O)CCOCC2)C1(C)C. The Bertz CT molecular complexity index is 411. The molecule has 1 heterocycles. The maximum absolute atomic E-state index is 12.1. The number of hydrogen-bond acceptors (Lipinski definition) is 3. The molecule has 2 fully saturated rings. The minimum absolute atomic E-state index is 0.0242. The van der Waals surface area contributed by atoms with Gasteiger partial charge in [0.2, 0.25) is 0 Å². The number of amides is 2. The molecule has 0 aromatic carbocycles. The first kappa shape index (κ1) is 15.1. The van der Waals surface area contributed by atoms with Gasteiger partial charge in [-0.25, -0.2) is 9.59 Å². The van der Waals surface area contributed by atoms with Crippen LogP contribution in [0.5, 0.6) is 0 Å². The van der Waals surface area contributed by atoms with E-state index < -0.39 is 17.5 Å². The van der Waals surface area contributed by atoms with Crippen LogP contribution >= 0.6 is 0 Å². The number of carbonyl (C=O) groups is 2. The lowest BCUT2D eigenvalue weighted by Crippen LogP contribution is -2.60. The number of aliphatic carboxylic acids is 1. The number of nitrogens with one attached hydrogen (secondary N) is 2. The number of ether oxygens (including phenoxy) is 1. The van der Waals surface area contributed by atoms with Crippen molar-refractivity contribution in [1.29, 1.82) is 0 Å². The molecule has 0 radical (unpaired) electrons. The normalized spacial score (nSPS) is 26.6. The molecule has 0 aromatic heterocycles. The molecule has 6 heteroatoms. The Balaban J connectivity index is 1.99. The smallest absolute Gasteiger partial charge is 0.329 e. The van der Waals surface area contributed by atoms with Crippen LogP contribution in [-0.4, -0.2) is 41.9 Å². The predicted octanol–water partition coefficient (Wildman–Crippen LogP) is 1.35. The number of hydrogen-bond donors (Lipinski definition) is 3. The van der Waals surface area contributed by atoms with Gasteiger partial charge in [-0.05, 0) is 10.8 Å². The molecule has 114 valence electrons. The van der Waals surface area contributed by atoms with Crippen molar-refractivity contribution in [2.24, 2.45) is 10.8 Å². The maximum Gasteiger partial charge on any atom is 0.329 e. The highest BCUT2D eigenvalue weighted by atomic mass is 16.5. The van der Waals surface area contributed by atoms with E-state index in [1.54, 1.807) is 0 Å². The molecule has 2 rings (SSSR count). The second-order valence-corrected chi connectivity index (χ2v) is 6.97. The quantitative estimate of drug-likeness (QED) is 0.730. The molecule has 20 heavy (non-hydrogen) atoms. The van der Waals surface area contributed by atoms with E-state index in [2.05, 4.69) is 38.3 Å². The summed E-state index contributed by atoms with van der Waals surface area (Å²) in [5.74, 6) is -0.995. The number of carboxylic acid groups (broad SMARTS) is 1. The van der Waals surface area contributed by atoms with Crippen molar-refractivity contribution >= 4 is 12.0 Å². The van der Waals surface area contributed by atoms with E-state index in [9.17, 15) is 14.7 Å². The molecule has 2 aliphatic rings. The standard InChI is InChI=1S/C14H24N2O4/c1-12(2)9(13(12,3)4)15-11(19)16-14(10(17)18)5-7-20-8-6-14/h9H,5-8H2,1-4H3,(H,17,18)(H2,15,16,19). The van der Waals surface area contributed by atoms with Gasteiger partial charge >= 0.3 is 12.0 Å². The zero-order valence-corrected chi connectivity index (χ0v) is 12.6. The second kappa shape index (κ2) is 4.62. The zero-order chi connectivity index (χ0) is 15.2. The fourth-order valence-corrected chi connectivity index (χ4v) is 3.05. The molecule has 6 nitrogen and oxygen atoms in total. The van der Waals surface area contributed by atoms with Gasteiger partial charge in [0.05, 0.1) is 0 Å². The minimum Gasteiger partial charge on any atom is -0.480 e. The Morgan fingerprint density at radius 2 is 1.60 bits per heavy atom. The minimum atomic E-state index is -1.20. The second-order valence-electron chi connectivity index (χ2n) is 6.97. The largest absolute Gasteiger partial charge is 0.480 e. The Hall–Kier alpha value is -1.30. The lowest BCUT2D eigenvalue weighted by Gasteiger charge is -2.33. The van der Waals surface area contributed by atoms with Gasteiger partial charge in [0, 0.05) is 32.1 Å². The van der Waals surface area contributed by atoms with E-state index in [4.69, 9.17) is 4.74 Å². The summed E-state index contributed by atoms with van der Waals surface area (Å²) < 4.78 is 5.18. The van der Waals surface area contributed by atoms with Crippen LogP contribution in [0.4, 0.5) is 4.79 Å². The third-order valence-corrected chi connectivity index (χ3v) is 5.40. The molecule has 1 saturated heterocycles. The Labute approximate surface area is 119 Å². The van der Waals surface area contributed by atoms with Gasteiger partial charge < -0.3 is 20.5 Å². The summed E-state index contributed by atoms with van der Waals surface area (Å²) in [7, 11) is 0. The summed E-state index contributed by atoms with van der Waals surface area (Å²) >= 11 is 0. The van der Waals surface area contributed by atoms with Gasteiger partial charge in [0.1, 0.15) is 5.54 Å². The van der Waals surface area contributed by atoms with Crippen molar-refractivity contribution in [3.8, 4) is 0 Å². The van der Waals surface area contributed by atoms with Crippen LogP contribution < -0.4 is 10.6 Å². The average Bonchev–Trinajstić information content (AvgIpc) is 2.72. The number of carboxylic acids is 1. The molecule has 1 saturated carbocycles. The summed E-state index contributed by atoms with van der Waals surface area (Å²) in [4.78, 5) is 23.6. The predicted molar refractivity (Wildman–Crippen MR) is 73.4 cm³/mol. The van der Waals surface area contributed by atoms with Crippen LogP contribution in [0, 0.1) is 10.8 Å². The van der Waals surface area contributed by atoms with E-state index in [0.717, 1.165) is 0 Å². The van der Waals surface area contributed by atoms with Crippen molar-refractivity contribution in [2.75, 3.05) is 13.2 Å². The lowest BCUT2D eigenvalue weighted by molar-refractivity contribution is -0.148. The Morgan fingerprint density at radius 1 is 1.10 bits per heavy atom. The highest BCUT2D eigenvalue weighted by Gasteiger charge is 2.65. The molecule has 0 spiro atoms. The first-order chi connectivity index (χ1) is 9.13. The van der Waals surface area contributed by atoms with Crippen molar-refractivity contribution < 1.29 is 19.4 Å².